The summed E-state index contributed by atoms with van der Waals surface area (Å²) in [6.07, 6.45) is 1.38. The van der Waals surface area contributed by atoms with Gasteiger partial charge in [-0.15, -0.1) is 0 Å². The first-order valence-electron chi connectivity index (χ1n) is 9.50. The number of fused-ring (bicyclic) bond motifs is 5. The van der Waals surface area contributed by atoms with Crippen LogP contribution in [0, 0.1) is 5.92 Å². The van der Waals surface area contributed by atoms with E-state index < -0.39 is 6.04 Å². The van der Waals surface area contributed by atoms with Crippen molar-refractivity contribution < 1.29 is 9.59 Å². The Hall–Kier alpha value is -2.66. The van der Waals surface area contributed by atoms with Gasteiger partial charge >= 0.3 is 0 Å². The van der Waals surface area contributed by atoms with E-state index in [1.54, 1.807) is 7.05 Å². The molecule has 0 heterocycles. The van der Waals surface area contributed by atoms with Gasteiger partial charge in [0.2, 0.25) is 11.8 Å². The number of benzene rings is 2. The molecule has 2 aromatic rings. The predicted molar refractivity (Wildman–Crippen MR) is 104 cm³/mol. The minimum absolute atomic E-state index is 0.117. The molecular formula is C22H25N3O2. The zero-order valence-corrected chi connectivity index (χ0v) is 15.4. The third-order valence-corrected chi connectivity index (χ3v) is 6.08. The minimum Gasteiger partial charge on any atom is -0.357 e. The zero-order valence-electron chi connectivity index (χ0n) is 15.4. The number of carbonyl (C=O) groups is 2. The molecule has 0 radical (unpaired) electrons. The van der Waals surface area contributed by atoms with Gasteiger partial charge in [-0.05, 0) is 29.0 Å². The van der Waals surface area contributed by atoms with Crippen LogP contribution in [0.25, 0.3) is 0 Å². The standard InChI is InChI=1S/C22H25N3O2/c1-24-21(26)18(11-13-7-3-2-4-8-13)25-22(27)19-16-12-17(20(19)23)15-10-6-5-9-14(15)16/h2-10,16-20H,11-12,23H2,1H3,(H,24,26)(H,25,27)/t16-,17+,18-,19+,20-/m0/s1. The summed E-state index contributed by atoms with van der Waals surface area (Å²) in [5.74, 6) is -0.219. The second-order valence-electron chi connectivity index (χ2n) is 7.55. The van der Waals surface area contributed by atoms with E-state index in [1.807, 2.05) is 42.5 Å². The third kappa shape index (κ3) is 3.12. The molecule has 2 amide bonds. The Kier molecular flexibility index (Phi) is 4.70. The van der Waals surface area contributed by atoms with E-state index in [2.05, 4.69) is 22.8 Å². The number of nitrogens with two attached hydrogens (primary N) is 1. The first-order chi connectivity index (χ1) is 13.1. The fourth-order valence-corrected chi connectivity index (χ4v) is 4.80. The molecule has 2 bridgehead atoms. The fourth-order valence-electron chi connectivity index (χ4n) is 4.80. The molecule has 4 rings (SSSR count). The van der Waals surface area contributed by atoms with E-state index in [-0.39, 0.29) is 35.6 Å². The Labute approximate surface area is 159 Å². The Morgan fingerprint density at radius 2 is 1.67 bits per heavy atom. The molecule has 2 aromatic carbocycles. The van der Waals surface area contributed by atoms with E-state index in [0.29, 0.717) is 6.42 Å². The normalized spacial score (nSPS) is 26.3. The van der Waals surface area contributed by atoms with Gasteiger partial charge in [0.25, 0.3) is 0 Å². The van der Waals surface area contributed by atoms with Gasteiger partial charge in [0.1, 0.15) is 6.04 Å². The van der Waals surface area contributed by atoms with Crippen molar-refractivity contribution in [2.24, 2.45) is 11.7 Å². The highest BCUT2D eigenvalue weighted by atomic mass is 16.2. The fraction of sp³-hybridized carbons (Fsp3) is 0.364. The smallest absolute Gasteiger partial charge is 0.242 e. The van der Waals surface area contributed by atoms with Gasteiger partial charge in [0, 0.05) is 25.4 Å². The molecule has 2 aliphatic carbocycles. The van der Waals surface area contributed by atoms with E-state index in [9.17, 15) is 9.59 Å². The first kappa shape index (κ1) is 17.7. The Morgan fingerprint density at radius 1 is 1.04 bits per heavy atom. The van der Waals surface area contributed by atoms with Crippen molar-refractivity contribution in [2.45, 2.75) is 36.8 Å². The predicted octanol–water partition coefficient (Wildman–Crippen LogP) is 1.69. The van der Waals surface area contributed by atoms with Crippen LogP contribution in [0.15, 0.2) is 54.6 Å². The van der Waals surface area contributed by atoms with Crippen LogP contribution in [0.5, 0.6) is 0 Å². The average molecular weight is 363 g/mol. The molecule has 140 valence electrons. The van der Waals surface area contributed by atoms with Crippen molar-refractivity contribution in [3.63, 3.8) is 0 Å². The molecule has 5 nitrogen and oxygen atoms in total. The van der Waals surface area contributed by atoms with Gasteiger partial charge in [-0.3, -0.25) is 9.59 Å². The number of amides is 2. The monoisotopic (exact) mass is 363 g/mol. The average Bonchev–Trinajstić information content (AvgIpc) is 3.23. The molecule has 0 unspecified atom stereocenters. The molecule has 0 saturated heterocycles. The van der Waals surface area contributed by atoms with Gasteiger partial charge in [-0.1, -0.05) is 54.6 Å². The highest BCUT2D eigenvalue weighted by molar-refractivity contribution is 5.90. The first-order valence-corrected chi connectivity index (χ1v) is 9.50. The molecular weight excluding hydrogens is 338 g/mol. The van der Waals surface area contributed by atoms with Crippen LogP contribution in [0.3, 0.4) is 0 Å². The largest absolute Gasteiger partial charge is 0.357 e. The van der Waals surface area contributed by atoms with Crippen molar-refractivity contribution in [3.05, 3.63) is 71.3 Å². The summed E-state index contributed by atoms with van der Waals surface area (Å²) in [6.45, 7) is 0. The lowest BCUT2D eigenvalue weighted by Gasteiger charge is -2.30. The van der Waals surface area contributed by atoms with Gasteiger partial charge < -0.3 is 16.4 Å². The van der Waals surface area contributed by atoms with E-state index in [1.165, 1.54) is 11.1 Å². The van der Waals surface area contributed by atoms with Crippen molar-refractivity contribution in [3.8, 4) is 0 Å². The van der Waals surface area contributed by atoms with Crippen molar-refractivity contribution in [1.29, 1.82) is 0 Å². The topological polar surface area (TPSA) is 84.2 Å². The highest BCUT2D eigenvalue weighted by Crippen LogP contribution is 2.55. The summed E-state index contributed by atoms with van der Waals surface area (Å²) < 4.78 is 0. The molecule has 5 atom stereocenters. The van der Waals surface area contributed by atoms with Crippen LogP contribution in [0.1, 0.15) is 34.9 Å². The molecule has 1 fully saturated rings. The maximum absolute atomic E-state index is 13.1. The summed E-state index contributed by atoms with van der Waals surface area (Å²) in [5, 5.41) is 5.63. The van der Waals surface area contributed by atoms with Crippen LogP contribution in [0.4, 0.5) is 0 Å². The van der Waals surface area contributed by atoms with Crippen LogP contribution >= 0.6 is 0 Å². The second kappa shape index (κ2) is 7.16. The van der Waals surface area contributed by atoms with Gasteiger partial charge in [0.05, 0.1) is 5.92 Å². The Bertz CT molecular complexity index is 852. The molecule has 5 heteroatoms. The summed E-state index contributed by atoms with van der Waals surface area (Å²) in [5.41, 5.74) is 9.99. The molecule has 0 aliphatic heterocycles. The summed E-state index contributed by atoms with van der Waals surface area (Å²) in [7, 11) is 1.59. The molecule has 4 N–H and O–H groups in total. The number of hydrogen-bond acceptors (Lipinski definition) is 3. The zero-order chi connectivity index (χ0) is 19.0. The number of rotatable bonds is 5. The van der Waals surface area contributed by atoms with Crippen molar-refractivity contribution >= 4 is 11.8 Å². The number of likely N-dealkylation sites (N-methyl/N-ethyl adjacent to an activating group) is 1. The Morgan fingerprint density at radius 3 is 2.33 bits per heavy atom. The number of carbonyl (C=O) groups excluding carboxylic acids is 2. The number of hydrogen-bond donors (Lipinski definition) is 3. The lowest BCUT2D eigenvalue weighted by Crippen LogP contribution is -2.52. The van der Waals surface area contributed by atoms with Gasteiger partial charge in [-0.25, -0.2) is 0 Å². The SMILES string of the molecule is CNC(=O)[C@H](Cc1ccccc1)NC(=O)[C@H]1[C@@H](N)[C@@H]2C[C@H]1c1ccccc12. The van der Waals surface area contributed by atoms with Crippen LogP contribution < -0.4 is 16.4 Å². The van der Waals surface area contributed by atoms with E-state index in [0.717, 1.165) is 12.0 Å². The molecule has 27 heavy (non-hydrogen) atoms. The van der Waals surface area contributed by atoms with E-state index in [4.69, 9.17) is 5.73 Å². The lowest BCUT2D eigenvalue weighted by molar-refractivity contribution is -0.131. The quantitative estimate of drug-likeness (QED) is 0.756. The van der Waals surface area contributed by atoms with Crippen LogP contribution in [-0.4, -0.2) is 30.9 Å². The van der Waals surface area contributed by atoms with E-state index >= 15 is 0 Å². The van der Waals surface area contributed by atoms with Crippen LogP contribution in [-0.2, 0) is 16.0 Å². The van der Waals surface area contributed by atoms with Crippen molar-refractivity contribution in [2.75, 3.05) is 7.05 Å². The molecule has 1 saturated carbocycles. The molecule has 0 spiro atoms. The summed E-state index contributed by atoms with van der Waals surface area (Å²) in [4.78, 5) is 25.5. The third-order valence-electron chi connectivity index (χ3n) is 6.08. The van der Waals surface area contributed by atoms with Crippen molar-refractivity contribution in [1.82, 2.24) is 10.6 Å². The Balaban J connectivity index is 1.53. The lowest BCUT2D eigenvalue weighted by atomic mass is 9.80. The maximum Gasteiger partial charge on any atom is 0.242 e. The van der Waals surface area contributed by atoms with Gasteiger partial charge in [0.15, 0.2) is 0 Å². The van der Waals surface area contributed by atoms with Gasteiger partial charge in [-0.2, -0.15) is 0 Å². The summed E-state index contributed by atoms with van der Waals surface area (Å²) in [6, 6.07) is 17.2. The molecule has 0 aromatic heterocycles. The maximum atomic E-state index is 13.1. The number of nitrogens with one attached hydrogen (secondary N) is 2. The molecule has 2 aliphatic rings. The summed E-state index contributed by atoms with van der Waals surface area (Å²) >= 11 is 0. The second-order valence-corrected chi connectivity index (χ2v) is 7.55. The van der Waals surface area contributed by atoms with Crippen LogP contribution in [0.2, 0.25) is 0 Å². The minimum atomic E-state index is -0.605. The highest BCUT2D eigenvalue weighted by Gasteiger charge is 2.52.